The fourth-order valence-electron chi connectivity index (χ4n) is 2.57. The van der Waals surface area contributed by atoms with E-state index in [1.54, 1.807) is 36.4 Å². The maximum Gasteiger partial charge on any atom is 0.234 e. The molecule has 2 amide bonds. The summed E-state index contributed by atoms with van der Waals surface area (Å²) in [7, 11) is 0. The van der Waals surface area contributed by atoms with E-state index >= 15 is 0 Å². The van der Waals surface area contributed by atoms with Gasteiger partial charge in [0.15, 0.2) is 0 Å². The van der Waals surface area contributed by atoms with Gasteiger partial charge < -0.3 is 15.1 Å². The summed E-state index contributed by atoms with van der Waals surface area (Å²) in [5, 5.41) is 15.8. The van der Waals surface area contributed by atoms with Crippen LogP contribution in [0.5, 0.6) is 0 Å². The highest BCUT2D eigenvalue weighted by Gasteiger charge is 2.31. The number of nitriles is 1. The topological polar surface area (TPSA) is 95.1 Å². The van der Waals surface area contributed by atoms with Crippen LogP contribution in [0.1, 0.15) is 18.1 Å². The molecule has 0 saturated carbocycles. The molecule has 1 atom stereocenters. The number of carbonyl (C=O) groups excluding carboxylic acids is 2. The minimum Gasteiger partial charge on any atom is -0.469 e. The molecule has 1 aliphatic heterocycles. The summed E-state index contributed by atoms with van der Waals surface area (Å²) in [5.41, 5.74) is 0.971. The lowest BCUT2D eigenvalue weighted by atomic mass is 9.92. The number of hydrogen-bond acceptors (Lipinski definition) is 5. The van der Waals surface area contributed by atoms with Gasteiger partial charge >= 0.3 is 0 Å². The van der Waals surface area contributed by atoms with Crippen LogP contribution >= 0.6 is 23.4 Å². The molecule has 132 valence electrons. The van der Waals surface area contributed by atoms with Crippen molar-refractivity contribution in [2.45, 2.75) is 12.3 Å². The highest BCUT2D eigenvalue weighted by molar-refractivity contribution is 8.03. The Morgan fingerprint density at radius 3 is 2.96 bits per heavy atom. The van der Waals surface area contributed by atoms with Crippen molar-refractivity contribution in [3.63, 3.8) is 0 Å². The maximum absolute atomic E-state index is 12.1. The lowest BCUT2D eigenvalue weighted by molar-refractivity contribution is -0.121. The number of anilines is 1. The Morgan fingerprint density at radius 2 is 2.27 bits per heavy atom. The normalized spacial score (nSPS) is 16.8. The number of thioether (sulfide) groups is 1. The molecule has 1 aromatic heterocycles. The van der Waals surface area contributed by atoms with Crippen LogP contribution in [0.2, 0.25) is 5.02 Å². The smallest absolute Gasteiger partial charge is 0.234 e. The highest BCUT2D eigenvalue weighted by Crippen LogP contribution is 2.36. The van der Waals surface area contributed by atoms with Crippen LogP contribution in [0.3, 0.4) is 0 Å². The number of amides is 2. The number of nitrogens with zero attached hydrogens (tertiary/aromatic N) is 1. The molecule has 2 heterocycles. The fraction of sp³-hybridized carbons (Fsp3) is 0.167. The molecule has 1 aromatic carbocycles. The quantitative estimate of drug-likeness (QED) is 0.816. The van der Waals surface area contributed by atoms with Gasteiger partial charge in [0.2, 0.25) is 11.8 Å². The molecule has 2 N–H and O–H groups in total. The van der Waals surface area contributed by atoms with E-state index in [1.165, 1.54) is 6.26 Å². The second kappa shape index (κ2) is 8.13. The Labute approximate surface area is 159 Å². The van der Waals surface area contributed by atoms with Gasteiger partial charge in [0.1, 0.15) is 5.76 Å². The van der Waals surface area contributed by atoms with Crippen molar-refractivity contribution in [2.75, 3.05) is 11.1 Å². The average Bonchev–Trinajstić information content (AvgIpc) is 3.14. The van der Waals surface area contributed by atoms with Crippen LogP contribution in [0.15, 0.2) is 57.7 Å². The zero-order valence-corrected chi connectivity index (χ0v) is 15.1. The molecule has 8 heteroatoms. The second-order valence-electron chi connectivity index (χ2n) is 5.52. The van der Waals surface area contributed by atoms with E-state index in [-0.39, 0.29) is 24.0 Å². The number of nitrogens with one attached hydrogen (secondary N) is 2. The molecule has 0 spiro atoms. The van der Waals surface area contributed by atoms with Crippen LogP contribution in [-0.4, -0.2) is 17.6 Å². The average molecular weight is 388 g/mol. The molecule has 0 fully saturated rings. The monoisotopic (exact) mass is 387 g/mol. The molecule has 0 radical (unpaired) electrons. The van der Waals surface area contributed by atoms with Gasteiger partial charge in [0.05, 0.1) is 34.6 Å². The summed E-state index contributed by atoms with van der Waals surface area (Å²) in [5.74, 6) is -0.335. The van der Waals surface area contributed by atoms with E-state index in [0.717, 1.165) is 11.8 Å². The summed E-state index contributed by atoms with van der Waals surface area (Å²) in [6, 6.07) is 12.4. The Balaban J connectivity index is 1.71. The van der Waals surface area contributed by atoms with Gasteiger partial charge in [-0.05, 0) is 30.3 Å². The van der Waals surface area contributed by atoms with Crippen molar-refractivity contribution in [2.24, 2.45) is 0 Å². The first-order valence-corrected chi connectivity index (χ1v) is 9.09. The largest absolute Gasteiger partial charge is 0.469 e. The Bertz CT molecular complexity index is 903. The number of allylic oxidation sites excluding steroid dienone is 1. The van der Waals surface area contributed by atoms with Gasteiger partial charge in [0.25, 0.3) is 0 Å². The molecule has 6 nitrogen and oxygen atoms in total. The maximum atomic E-state index is 12.1. The van der Waals surface area contributed by atoms with Gasteiger partial charge in [-0.2, -0.15) is 5.26 Å². The van der Waals surface area contributed by atoms with Crippen LogP contribution in [0, 0.1) is 11.3 Å². The van der Waals surface area contributed by atoms with Crippen LogP contribution in [0.4, 0.5) is 5.69 Å². The predicted octanol–water partition coefficient (Wildman–Crippen LogP) is 3.64. The number of halogens is 1. The van der Waals surface area contributed by atoms with Crippen molar-refractivity contribution in [1.29, 1.82) is 5.26 Å². The van der Waals surface area contributed by atoms with E-state index in [9.17, 15) is 14.9 Å². The summed E-state index contributed by atoms with van der Waals surface area (Å²) >= 11 is 6.99. The standard InChI is InChI=1S/C18H14ClN3O3S/c19-11-3-1-4-12(7-11)21-17(24)10-26-18-14(9-20)13(8-16(23)22-18)15-5-2-6-25-15/h1-7,13H,8,10H2,(H,21,24)(H,22,23). The van der Waals surface area contributed by atoms with Crippen LogP contribution in [0.25, 0.3) is 0 Å². The van der Waals surface area contributed by atoms with E-state index in [1.807, 2.05) is 0 Å². The van der Waals surface area contributed by atoms with Gasteiger partial charge in [-0.15, -0.1) is 0 Å². The molecule has 0 aliphatic carbocycles. The molecule has 0 saturated heterocycles. The fourth-order valence-corrected chi connectivity index (χ4v) is 3.63. The second-order valence-corrected chi connectivity index (χ2v) is 6.94. The Hall–Kier alpha value is -2.69. The van der Waals surface area contributed by atoms with Gasteiger partial charge in [-0.1, -0.05) is 29.4 Å². The number of furan rings is 1. The molecular formula is C18H14ClN3O3S. The predicted molar refractivity (Wildman–Crippen MR) is 99.4 cm³/mol. The van der Waals surface area contributed by atoms with Crippen LogP contribution in [-0.2, 0) is 9.59 Å². The number of carbonyl (C=O) groups is 2. The van der Waals surface area contributed by atoms with E-state index in [0.29, 0.717) is 27.1 Å². The van der Waals surface area contributed by atoms with Crippen molar-refractivity contribution >= 4 is 40.9 Å². The van der Waals surface area contributed by atoms with Gasteiger partial charge in [-0.25, -0.2) is 0 Å². The lowest BCUT2D eigenvalue weighted by Crippen LogP contribution is -2.31. The van der Waals surface area contributed by atoms with Crippen molar-refractivity contribution in [3.05, 3.63) is 64.0 Å². The van der Waals surface area contributed by atoms with Crippen molar-refractivity contribution in [3.8, 4) is 6.07 Å². The minimum absolute atomic E-state index is 0.0399. The number of benzene rings is 1. The molecule has 1 unspecified atom stereocenters. The SMILES string of the molecule is N#CC1=C(SCC(=O)Nc2cccc(Cl)c2)NC(=O)CC1c1ccco1. The summed E-state index contributed by atoms with van der Waals surface area (Å²) in [4.78, 5) is 24.1. The molecule has 0 bridgehead atoms. The van der Waals surface area contributed by atoms with Crippen molar-refractivity contribution in [1.82, 2.24) is 5.32 Å². The molecular weight excluding hydrogens is 374 g/mol. The molecule has 2 aromatic rings. The third-order valence-electron chi connectivity index (χ3n) is 3.70. The third kappa shape index (κ3) is 4.28. The Kier molecular flexibility index (Phi) is 5.66. The first-order valence-electron chi connectivity index (χ1n) is 7.72. The zero-order valence-electron chi connectivity index (χ0n) is 13.5. The highest BCUT2D eigenvalue weighted by atomic mass is 35.5. The zero-order chi connectivity index (χ0) is 18.5. The molecule has 3 rings (SSSR count). The summed E-state index contributed by atoms with van der Waals surface area (Å²) in [6.07, 6.45) is 1.64. The van der Waals surface area contributed by atoms with E-state index in [4.69, 9.17) is 16.0 Å². The van der Waals surface area contributed by atoms with Gasteiger partial charge in [-0.3, -0.25) is 9.59 Å². The van der Waals surface area contributed by atoms with Crippen LogP contribution < -0.4 is 10.6 Å². The molecule has 1 aliphatic rings. The Morgan fingerprint density at radius 1 is 1.42 bits per heavy atom. The van der Waals surface area contributed by atoms with Gasteiger partial charge in [0, 0.05) is 17.1 Å². The minimum atomic E-state index is -0.442. The number of hydrogen-bond donors (Lipinski definition) is 2. The van der Waals surface area contributed by atoms with Crippen molar-refractivity contribution < 1.29 is 14.0 Å². The van der Waals surface area contributed by atoms with E-state index in [2.05, 4.69) is 16.7 Å². The summed E-state index contributed by atoms with van der Waals surface area (Å²) in [6.45, 7) is 0. The first kappa shape index (κ1) is 18.1. The van der Waals surface area contributed by atoms with E-state index < -0.39 is 5.92 Å². The number of rotatable bonds is 5. The summed E-state index contributed by atoms with van der Waals surface area (Å²) < 4.78 is 5.35. The lowest BCUT2D eigenvalue weighted by Gasteiger charge is -2.23. The first-order chi connectivity index (χ1) is 12.6. The molecule has 26 heavy (non-hydrogen) atoms. The third-order valence-corrected chi connectivity index (χ3v) is 4.95.